The van der Waals surface area contributed by atoms with E-state index in [4.69, 9.17) is 10.5 Å². The molecular formula is C13H20N2O2. The van der Waals surface area contributed by atoms with Gasteiger partial charge in [0, 0.05) is 12.2 Å². The van der Waals surface area contributed by atoms with E-state index in [1.165, 1.54) is 0 Å². The minimum absolute atomic E-state index is 0.191. The predicted molar refractivity (Wildman–Crippen MR) is 68.4 cm³/mol. The maximum absolute atomic E-state index is 11.4. The summed E-state index contributed by atoms with van der Waals surface area (Å²) in [6, 6.07) is 7.70. The number of hydrogen-bond acceptors (Lipinski definition) is 4. The number of benzene rings is 1. The monoisotopic (exact) mass is 236 g/mol. The molecule has 0 spiro atoms. The van der Waals surface area contributed by atoms with Gasteiger partial charge in [-0.25, -0.2) is 0 Å². The van der Waals surface area contributed by atoms with Crippen molar-refractivity contribution in [2.75, 3.05) is 25.4 Å². The molecule has 1 aromatic carbocycles. The van der Waals surface area contributed by atoms with Crippen molar-refractivity contribution in [3.05, 3.63) is 29.8 Å². The molecule has 0 radical (unpaired) electrons. The zero-order valence-electron chi connectivity index (χ0n) is 10.5. The molecule has 0 aromatic heterocycles. The number of ether oxygens (including phenoxy) is 1. The fourth-order valence-corrected chi connectivity index (χ4v) is 1.59. The number of nitrogen functional groups attached to an aromatic ring is 1. The molecule has 0 saturated heterocycles. The number of rotatable bonds is 6. The number of nitrogens with zero attached hydrogens (tertiary/aromatic N) is 1. The first-order valence-corrected chi connectivity index (χ1v) is 5.88. The number of carbonyl (C=O) groups excluding carboxylic acids is 1. The van der Waals surface area contributed by atoms with E-state index in [-0.39, 0.29) is 5.97 Å². The first-order valence-electron chi connectivity index (χ1n) is 5.88. The van der Waals surface area contributed by atoms with Gasteiger partial charge in [-0.1, -0.05) is 25.1 Å². The third-order valence-electron chi connectivity index (χ3n) is 2.55. The molecule has 0 saturated carbocycles. The lowest BCUT2D eigenvalue weighted by Gasteiger charge is -2.20. The molecule has 2 N–H and O–H groups in total. The van der Waals surface area contributed by atoms with Gasteiger partial charge in [0.1, 0.15) is 0 Å². The van der Waals surface area contributed by atoms with Gasteiger partial charge >= 0.3 is 5.97 Å². The highest BCUT2D eigenvalue weighted by Crippen LogP contribution is 2.13. The van der Waals surface area contributed by atoms with Crippen molar-refractivity contribution in [2.24, 2.45) is 0 Å². The van der Waals surface area contributed by atoms with Crippen LogP contribution >= 0.6 is 0 Å². The Kier molecular flexibility index (Phi) is 5.49. The van der Waals surface area contributed by atoms with Crippen molar-refractivity contribution >= 4 is 11.7 Å². The molecule has 0 aliphatic carbocycles. The van der Waals surface area contributed by atoms with Gasteiger partial charge in [-0.3, -0.25) is 9.69 Å². The van der Waals surface area contributed by atoms with Crippen LogP contribution in [0.5, 0.6) is 0 Å². The van der Waals surface area contributed by atoms with E-state index < -0.39 is 0 Å². The van der Waals surface area contributed by atoms with Gasteiger partial charge in [-0.15, -0.1) is 0 Å². The molecular weight excluding hydrogens is 216 g/mol. The van der Waals surface area contributed by atoms with Crippen molar-refractivity contribution in [1.29, 1.82) is 0 Å². The first-order chi connectivity index (χ1) is 8.17. The highest BCUT2D eigenvalue weighted by atomic mass is 16.5. The van der Waals surface area contributed by atoms with Gasteiger partial charge in [-0.2, -0.15) is 0 Å². The zero-order chi connectivity index (χ0) is 12.7. The summed E-state index contributed by atoms with van der Waals surface area (Å²) in [7, 11) is 0. The Bertz CT molecular complexity index is 366. The second-order valence-corrected chi connectivity index (χ2v) is 3.81. The standard InChI is InChI=1S/C13H20N2O2/c1-3-15(10-13(16)17-4-2)9-11-7-5-6-8-12(11)14/h5-8H,3-4,9-10,14H2,1-2H3. The largest absolute Gasteiger partial charge is 0.465 e. The van der Waals surface area contributed by atoms with E-state index in [9.17, 15) is 4.79 Å². The van der Waals surface area contributed by atoms with E-state index >= 15 is 0 Å². The second-order valence-electron chi connectivity index (χ2n) is 3.81. The average molecular weight is 236 g/mol. The molecule has 0 heterocycles. The molecule has 0 amide bonds. The molecule has 0 aliphatic heterocycles. The van der Waals surface area contributed by atoms with Crippen LogP contribution in [0.15, 0.2) is 24.3 Å². The summed E-state index contributed by atoms with van der Waals surface area (Å²) in [6.45, 7) is 6.00. The molecule has 0 atom stereocenters. The Balaban J connectivity index is 2.58. The highest BCUT2D eigenvalue weighted by molar-refractivity contribution is 5.71. The van der Waals surface area contributed by atoms with Crippen molar-refractivity contribution in [2.45, 2.75) is 20.4 Å². The molecule has 94 valence electrons. The SMILES string of the molecule is CCOC(=O)CN(CC)Cc1ccccc1N. The number of para-hydroxylation sites is 1. The number of nitrogens with two attached hydrogens (primary N) is 1. The Hall–Kier alpha value is -1.55. The number of likely N-dealkylation sites (N-methyl/N-ethyl adjacent to an activating group) is 1. The highest BCUT2D eigenvalue weighted by Gasteiger charge is 2.11. The predicted octanol–water partition coefficient (Wildman–Crippen LogP) is 1.65. The summed E-state index contributed by atoms with van der Waals surface area (Å²) in [5.41, 5.74) is 7.67. The van der Waals surface area contributed by atoms with Crippen molar-refractivity contribution < 1.29 is 9.53 Å². The summed E-state index contributed by atoms with van der Waals surface area (Å²) in [5, 5.41) is 0. The van der Waals surface area contributed by atoms with Crippen molar-refractivity contribution in [3.63, 3.8) is 0 Å². The van der Waals surface area contributed by atoms with Gasteiger partial charge < -0.3 is 10.5 Å². The number of anilines is 1. The van der Waals surface area contributed by atoms with E-state index in [1.54, 1.807) is 0 Å². The van der Waals surface area contributed by atoms with Crippen LogP contribution in [0.25, 0.3) is 0 Å². The summed E-state index contributed by atoms with van der Waals surface area (Å²) < 4.78 is 4.93. The molecule has 0 unspecified atom stereocenters. The maximum atomic E-state index is 11.4. The lowest BCUT2D eigenvalue weighted by atomic mass is 10.1. The van der Waals surface area contributed by atoms with E-state index in [0.717, 1.165) is 17.8 Å². The van der Waals surface area contributed by atoms with Crippen LogP contribution in [0.2, 0.25) is 0 Å². The quantitative estimate of drug-likeness (QED) is 0.603. The molecule has 4 heteroatoms. The third-order valence-corrected chi connectivity index (χ3v) is 2.55. The van der Waals surface area contributed by atoms with Gasteiger partial charge in [0.05, 0.1) is 13.2 Å². The van der Waals surface area contributed by atoms with E-state index in [0.29, 0.717) is 19.7 Å². The Morgan fingerprint density at radius 3 is 2.65 bits per heavy atom. The van der Waals surface area contributed by atoms with Gasteiger partial charge in [0.15, 0.2) is 0 Å². The van der Waals surface area contributed by atoms with Crippen LogP contribution in [0.1, 0.15) is 19.4 Å². The Labute approximate surface area is 102 Å². The minimum atomic E-state index is -0.191. The number of esters is 1. The molecule has 0 fully saturated rings. The summed E-state index contributed by atoms with van der Waals surface area (Å²) in [5.74, 6) is -0.191. The molecule has 1 rings (SSSR count). The van der Waals surface area contributed by atoms with Crippen LogP contribution in [-0.4, -0.2) is 30.6 Å². The maximum Gasteiger partial charge on any atom is 0.320 e. The van der Waals surface area contributed by atoms with Crippen molar-refractivity contribution in [3.8, 4) is 0 Å². The smallest absolute Gasteiger partial charge is 0.320 e. The van der Waals surface area contributed by atoms with E-state index in [1.807, 2.05) is 43.0 Å². The fourth-order valence-electron chi connectivity index (χ4n) is 1.59. The average Bonchev–Trinajstić information content (AvgIpc) is 2.31. The number of carbonyl (C=O) groups is 1. The molecule has 1 aromatic rings. The Morgan fingerprint density at radius 2 is 2.06 bits per heavy atom. The molecule has 0 aliphatic rings. The lowest BCUT2D eigenvalue weighted by Crippen LogP contribution is -2.30. The minimum Gasteiger partial charge on any atom is -0.465 e. The molecule has 17 heavy (non-hydrogen) atoms. The van der Waals surface area contributed by atoms with E-state index in [2.05, 4.69) is 0 Å². The molecule has 4 nitrogen and oxygen atoms in total. The lowest BCUT2D eigenvalue weighted by molar-refractivity contribution is -0.144. The van der Waals surface area contributed by atoms with Crippen LogP contribution in [0.4, 0.5) is 5.69 Å². The normalized spacial score (nSPS) is 10.5. The van der Waals surface area contributed by atoms with Gasteiger partial charge in [0.2, 0.25) is 0 Å². The van der Waals surface area contributed by atoms with Gasteiger partial charge in [0.25, 0.3) is 0 Å². The Morgan fingerprint density at radius 1 is 1.35 bits per heavy atom. The zero-order valence-corrected chi connectivity index (χ0v) is 10.5. The summed E-state index contributed by atoms with van der Waals surface area (Å²) in [6.07, 6.45) is 0. The topological polar surface area (TPSA) is 55.6 Å². The van der Waals surface area contributed by atoms with Crippen LogP contribution in [-0.2, 0) is 16.1 Å². The third kappa shape index (κ3) is 4.44. The van der Waals surface area contributed by atoms with Gasteiger partial charge in [-0.05, 0) is 25.1 Å². The summed E-state index contributed by atoms with van der Waals surface area (Å²) in [4.78, 5) is 13.4. The second kappa shape index (κ2) is 6.91. The molecule has 0 bridgehead atoms. The van der Waals surface area contributed by atoms with Crippen LogP contribution in [0.3, 0.4) is 0 Å². The van der Waals surface area contributed by atoms with Crippen LogP contribution < -0.4 is 5.73 Å². The van der Waals surface area contributed by atoms with Crippen LogP contribution in [0, 0.1) is 0 Å². The summed E-state index contributed by atoms with van der Waals surface area (Å²) >= 11 is 0. The first kappa shape index (κ1) is 13.5. The van der Waals surface area contributed by atoms with Crippen molar-refractivity contribution in [1.82, 2.24) is 4.90 Å². The number of hydrogen-bond donors (Lipinski definition) is 1. The fraction of sp³-hybridized carbons (Fsp3) is 0.462.